The topological polar surface area (TPSA) is 58.6 Å². The Hall–Kier alpha value is -2.82. The largest absolute Gasteiger partial charge is 0.497 e. The van der Waals surface area contributed by atoms with E-state index in [1.165, 1.54) is 0 Å². The summed E-state index contributed by atoms with van der Waals surface area (Å²) in [5.74, 6) is 1.01. The predicted octanol–water partition coefficient (Wildman–Crippen LogP) is 4.02. The van der Waals surface area contributed by atoms with E-state index in [4.69, 9.17) is 4.74 Å². The summed E-state index contributed by atoms with van der Waals surface area (Å²) in [6.45, 7) is 7.90. The summed E-state index contributed by atoms with van der Waals surface area (Å²) in [5.41, 5.74) is 2.83. The van der Waals surface area contributed by atoms with E-state index in [0.717, 1.165) is 23.3 Å². The highest BCUT2D eigenvalue weighted by Crippen LogP contribution is 2.34. The summed E-state index contributed by atoms with van der Waals surface area (Å²) >= 11 is 0. The van der Waals surface area contributed by atoms with E-state index in [0.29, 0.717) is 31.1 Å². The molecular formula is C25H32N2O3. The number of ether oxygens (including phenoxy) is 1. The lowest BCUT2D eigenvalue weighted by Crippen LogP contribution is -2.36. The highest BCUT2D eigenvalue weighted by molar-refractivity contribution is 5.95. The van der Waals surface area contributed by atoms with E-state index in [9.17, 15) is 9.59 Å². The maximum Gasteiger partial charge on any atom is 0.253 e. The van der Waals surface area contributed by atoms with Crippen LogP contribution in [0.5, 0.6) is 5.75 Å². The van der Waals surface area contributed by atoms with Crippen molar-refractivity contribution in [1.29, 1.82) is 0 Å². The van der Waals surface area contributed by atoms with Crippen molar-refractivity contribution in [3.63, 3.8) is 0 Å². The Labute approximate surface area is 179 Å². The van der Waals surface area contributed by atoms with Gasteiger partial charge in [0.1, 0.15) is 5.75 Å². The van der Waals surface area contributed by atoms with Crippen LogP contribution in [0.15, 0.2) is 48.5 Å². The molecule has 2 amide bonds. The van der Waals surface area contributed by atoms with Crippen molar-refractivity contribution in [2.45, 2.75) is 33.1 Å². The van der Waals surface area contributed by atoms with Gasteiger partial charge in [0.25, 0.3) is 5.91 Å². The Balaban J connectivity index is 1.80. The third-order valence-corrected chi connectivity index (χ3v) is 5.81. The van der Waals surface area contributed by atoms with E-state index in [2.05, 4.69) is 19.2 Å². The van der Waals surface area contributed by atoms with Crippen molar-refractivity contribution >= 4 is 11.8 Å². The highest BCUT2D eigenvalue weighted by atomic mass is 16.5. The number of hydrogen-bond acceptors (Lipinski definition) is 3. The van der Waals surface area contributed by atoms with Crippen molar-refractivity contribution in [3.8, 4) is 5.75 Å². The van der Waals surface area contributed by atoms with Crippen LogP contribution in [-0.4, -0.2) is 43.5 Å². The van der Waals surface area contributed by atoms with Crippen molar-refractivity contribution < 1.29 is 14.3 Å². The first-order chi connectivity index (χ1) is 14.4. The van der Waals surface area contributed by atoms with Gasteiger partial charge >= 0.3 is 0 Å². The third-order valence-electron chi connectivity index (χ3n) is 5.81. The fourth-order valence-electron chi connectivity index (χ4n) is 3.92. The second-order valence-corrected chi connectivity index (χ2v) is 8.54. The lowest BCUT2D eigenvalue weighted by Gasteiger charge is -2.18. The summed E-state index contributed by atoms with van der Waals surface area (Å²) in [7, 11) is 1.64. The van der Waals surface area contributed by atoms with E-state index in [-0.39, 0.29) is 23.7 Å². The molecule has 2 aromatic carbocycles. The molecule has 2 aromatic rings. The normalized spacial score (nSPS) is 18.5. The second kappa shape index (κ2) is 9.79. The first-order valence-electron chi connectivity index (χ1n) is 10.7. The molecule has 5 nitrogen and oxygen atoms in total. The molecule has 0 bridgehead atoms. The van der Waals surface area contributed by atoms with Gasteiger partial charge in [-0.2, -0.15) is 0 Å². The molecule has 2 atom stereocenters. The van der Waals surface area contributed by atoms with Gasteiger partial charge in [-0.1, -0.05) is 43.7 Å². The Kier molecular flexibility index (Phi) is 7.14. The highest BCUT2D eigenvalue weighted by Gasteiger charge is 2.40. The van der Waals surface area contributed by atoms with E-state index < -0.39 is 0 Å². The minimum absolute atomic E-state index is 0.0222. The molecule has 2 unspecified atom stereocenters. The smallest absolute Gasteiger partial charge is 0.253 e. The summed E-state index contributed by atoms with van der Waals surface area (Å²) in [6.07, 6.45) is 0.942. The Morgan fingerprint density at radius 1 is 1.07 bits per heavy atom. The molecule has 1 N–H and O–H groups in total. The molecule has 3 rings (SSSR count). The van der Waals surface area contributed by atoms with Crippen molar-refractivity contribution in [2.75, 3.05) is 26.7 Å². The van der Waals surface area contributed by atoms with Crippen LogP contribution in [0.1, 0.15) is 47.7 Å². The van der Waals surface area contributed by atoms with Gasteiger partial charge in [-0.05, 0) is 49.1 Å². The van der Waals surface area contributed by atoms with Crippen molar-refractivity contribution in [3.05, 3.63) is 65.2 Å². The van der Waals surface area contributed by atoms with Gasteiger partial charge in [0.05, 0.1) is 13.0 Å². The minimum atomic E-state index is -0.264. The Morgan fingerprint density at radius 2 is 1.73 bits per heavy atom. The molecule has 0 aliphatic carbocycles. The van der Waals surface area contributed by atoms with Gasteiger partial charge in [0.2, 0.25) is 5.91 Å². The number of benzene rings is 2. The third kappa shape index (κ3) is 5.21. The van der Waals surface area contributed by atoms with Crippen LogP contribution >= 0.6 is 0 Å². The number of rotatable bonds is 7. The van der Waals surface area contributed by atoms with Crippen LogP contribution in [0, 0.1) is 18.8 Å². The minimum Gasteiger partial charge on any atom is -0.497 e. The maximum absolute atomic E-state index is 13.1. The predicted molar refractivity (Wildman–Crippen MR) is 119 cm³/mol. The quantitative estimate of drug-likeness (QED) is 0.753. The van der Waals surface area contributed by atoms with Gasteiger partial charge in [0, 0.05) is 31.1 Å². The van der Waals surface area contributed by atoms with Gasteiger partial charge in [-0.25, -0.2) is 0 Å². The fourth-order valence-corrected chi connectivity index (χ4v) is 3.92. The number of likely N-dealkylation sites (tertiary alicyclic amines) is 1. The molecule has 1 saturated heterocycles. The van der Waals surface area contributed by atoms with Gasteiger partial charge < -0.3 is 15.0 Å². The molecule has 0 radical (unpaired) electrons. The lowest BCUT2D eigenvalue weighted by molar-refractivity contribution is -0.124. The molecule has 0 spiro atoms. The summed E-state index contributed by atoms with van der Waals surface area (Å²) < 4.78 is 5.26. The number of carbonyl (C=O) groups excluding carboxylic acids is 2. The first kappa shape index (κ1) is 21.9. The number of nitrogens with one attached hydrogen (secondary N) is 1. The molecule has 0 saturated carbocycles. The van der Waals surface area contributed by atoms with Crippen LogP contribution in [0.25, 0.3) is 0 Å². The van der Waals surface area contributed by atoms with Crippen LogP contribution in [0.2, 0.25) is 0 Å². The molecule has 1 heterocycles. The van der Waals surface area contributed by atoms with E-state index in [1.54, 1.807) is 7.11 Å². The molecular weight excluding hydrogens is 376 g/mol. The monoisotopic (exact) mass is 408 g/mol. The van der Waals surface area contributed by atoms with Gasteiger partial charge in [0.15, 0.2) is 0 Å². The van der Waals surface area contributed by atoms with Crippen LogP contribution in [0.4, 0.5) is 0 Å². The zero-order valence-electron chi connectivity index (χ0n) is 18.4. The lowest BCUT2D eigenvalue weighted by atomic mass is 9.88. The molecule has 160 valence electrons. The zero-order chi connectivity index (χ0) is 21.7. The average molecular weight is 409 g/mol. The van der Waals surface area contributed by atoms with Crippen LogP contribution in [0.3, 0.4) is 0 Å². The number of amides is 2. The number of nitrogens with zero attached hydrogens (tertiary/aromatic N) is 1. The van der Waals surface area contributed by atoms with E-state index >= 15 is 0 Å². The molecule has 5 heteroatoms. The number of carbonyl (C=O) groups is 2. The molecule has 1 aliphatic heterocycles. The number of aryl methyl sites for hydroxylation is 1. The number of hydrogen-bond donors (Lipinski definition) is 1. The zero-order valence-corrected chi connectivity index (χ0v) is 18.4. The average Bonchev–Trinajstić information content (AvgIpc) is 3.19. The van der Waals surface area contributed by atoms with Crippen molar-refractivity contribution in [1.82, 2.24) is 10.2 Å². The van der Waals surface area contributed by atoms with Gasteiger partial charge in [-0.15, -0.1) is 0 Å². The second-order valence-electron chi connectivity index (χ2n) is 8.54. The van der Waals surface area contributed by atoms with Crippen LogP contribution in [-0.2, 0) is 4.79 Å². The Morgan fingerprint density at radius 3 is 2.33 bits per heavy atom. The molecule has 30 heavy (non-hydrogen) atoms. The molecule has 1 aliphatic rings. The Bertz CT molecular complexity index is 859. The summed E-state index contributed by atoms with van der Waals surface area (Å²) in [5, 5.41) is 3.08. The van der Waals surface area contributed by atoms with Gasteiger partial charge in [-0.3, -0.25) is 9.59 Å². The summed E-state index contributed by atoms with van der Waals surface area (Å²) in [6, 6.07) is 15.4. The number of methoxy groups -OCH3 is 1. The fraction of sp³-hybridized carbons (Fsp3) is 0.440. The molecule has 1 fully saturated rings. The first-order valence-corrected chi connectivity index (χ1v) is 10.7. The van der Waals surface area contributed by atoms with E-state index in [1.807, 2.05) is 60.4 Å². The van der Waals surface area contributed by atoms with Crippen LogP contribution < -0.4 is 10.1 Å². The molecule has 0 aromatic heterocycles. The standard InChI is InChI=1S/C25H32N2O3/c1-17(2)13-14-26-24(28)23-16-27(25(29)20-7-5-18(3)6-8-20)15-22(23)19-9-11-21(30-4)12-10-19/h5-12,17,22-23H,13-16H2,1-4H3,(H,26,28). The maximum atomic E-state index is 13.1. The summed E-state index contributed by atoms with van der Waals surface area (Å²) in [4.78, 5) is 27.9. The van der Waals surface area contributed by atoms with Crippen molar-refractivity contribution in [2.24, 2.45) is 11.8 Å². The SMILES string of the molecule is COc1ccc(C2CN(C(=O)c3ccc(C)cc3)CC2C(=O)NCCC(C)C)cc1.